The maximum Gasteiger partial charge on any atom is 0.165 e. The number of rotatable bonds is 1. The summed E-state index contributed by atoms with van der Waals surface area (Å²) >= 11 is 0. The molecule has 3 heteroatoms. The lowest BCUT2D eigenvalue weighted by Crippen LogP contribution is -2.38. The lowest BCUT2D eigenvalue weighted by Gasteiger charge is -2.32. The van der Waals surface area contributed by atoms with Gasteiger partial charge in [-0.1, -0.05) is 24.3 Å². The number of hydrogen-bond donors (Lipinski definition) is 0. The summed E-state index contributed by atoms with van der Waals surface area (Å²) in [6, 6.07) is 8.27. The molecule has 0 amide bonds. The second-order valence-corrected chi connectivity index (χ2v) is 4.38. The normalized spacial score (nSPS) is 25.8. The number of hydrogen-bond acceptors (Lipinski definition) is 3. The third-order valence-corrected chi connectivity index (χ3v) is 3.49. The Hall–Kier alpha value is -1.19. The first kappa shape index (κ1) is 10.00. The van der Waals surface area contributed by atoms with Crippen LogP contribution in [0.15, 0.2) is 24.3 Å². The maximum atomic E-state index is 11.9. The minimum atomic E-state index is 0.284. The van der Waals surface area contributed by atoms with Gasteiger partial charge in [0.2, 0.25) is 0 Å². The van der Waals surface area contributed by atoms with E-state index in [1.54, 1.807) is 0 Å². The summed E-state index contributed by atoms with van der Waals surface area (Å²) in [5.41, 5.74) is 2.12. The van der Waals surface area contributed by atoms with Gasteiger partial charge in [-0.3, -0.25) is 9.69 Å². The predicted octanol–water partition coefficient (Wildman–Crippen LogP) is 1.65. The van der Waals surface area contributed by atoms with E-state index in [2.05, 4.69) is 11.0 Å². The van der Waals surface area contributed by atoms with Gasteiger partial charge in [-0.15, -0.1) is 0 Å². The fraction of sp³-hybridized carbons (Fsp3) is 0.462. The van der Waals surface area contributed by atoms with E-state index in [1.165, 1.54) is 5.56 Å². The van der Waals surface area contributed by atoms with E-state index in [-0.39, 0.29) is 11.8 Å². The number of ether oxygens (including phenoxy) is 1. The van der Waals surface area contributed by atoms with Gasteiger partial charge in [0.15, 0.2) is 5.78 Å². The minimum Gasteiger partial charge on any atom is -0.379 e. The van der Waals surface area contributed by atoms with E-state index in [1.807, 2.05) is 18.2 Å². The molecule has 0 N–H and O–H groups in total. The second-order valence-electron chi connectivity index (χ2n) is 4.38. The van der Waals surface area contributed by atoms with E-state index >= 15 is 0 Å². The number of Topliss-reactive ketones (excluding diaryl/α,β-unsaturated/α-hetero) is 1. The number of carbonyl (C=O) groups is 1. The number of nitrogens with zero attached hydrogens (tertiary/aromatic N) is 1. The Morgan fingerprint density at radius 1 is 1.19 bits per heavy atom. The van der Waals surface area contributed by atoms with Gasteiger partial charge in [0.1, 0.15) is 0 Å². The molecule has 0 radical (unpaired) electrons. The van der Waals surface area contributed by atoms with Crippen molar-refractivity contribution in [2.24, 2.45) is 0 Å². The van der Waals surface area contributed by atoms with Gasteiger partial charge in [-0.05, 0) is 5.56 Å². The van der Waals surface area contributed by atoms with Crippen LogP contribution in [-0.4, -0.2) is 37.0 Å². The van der Waals surface area contributed by atoms with E-state index in [9.17, 15) is 4.79 Å². The summed E-state index contributed by atoms with van der Waals surface area (Å²) < 4.78 is 5.35. The van der Waals surface area contributed by atoms with Crippen molar-refractivity contribution in [3.8, 4) is 0 Å². The SMILES string of the molecule is O=C1C[C@@H](N2CCOCC2)c2ccccc21. The lowest BCUT2D eigenvalue weighted by atomic mass is 10.1. The lowest BCUT2D eigenvalue weighted by molar-refractivity contribution is 0.0166. The van der Waals surface area contributed by atoms with Gasteiger partial charge in [0.25, 0.3) is 0 Å². The first-order valence-electron chi connectivity index (χ1n) is 5.80. The summed E-state index contributed by atoms with van der Waals surface area (Å²) in [5, 5.41) is 0. The summed E-state index contributed by atoms with van der Waals surface area (Å²) in [4.78, 5) is 14.2. The molecular formula is C13H15NO2. The predicted molar refractivity (Wildman–Crippen MR) is 60.5 cm³/mol. The number of fused-ring (bicyclic) bond motifs is 1. The number of benzene rings is 1. The highest BCUT2D eigenvalue weighted by atomic mass is 16.5. The first-order chi connectivity index (χ1) is 7.86. The fourth-order valence-electron chi connectivity index (χ4n) is 2.65. The molecule has 84 valence electrons. The zero-order valence-corrected chi connectivity index (χ0v) is 9.19. The third-order valence-electron chi connectivity index (χ3n) is 3.49. The molecule has 0 spiro atoms. The van der Waals surface area contributed by atoms with E-state index in [0.29, 0.717) is 6.42 Å². The molecule has 1 aromatic carbocycles. The Balaban J connectivity index is 1.90. The molecule has 0 bridgehead atoms. The average molecular weight is 217 g/mol. The largest absolute Gasteiger partial charge is 0.379 e. The van der Waals surface area contributed by atoms with Crippen molar-refractivity contribution in [3.63, 3.8) is 0 Å². The standard InChI is InChI=1S/C13H15NO2/c15-13-9-12(14-5-7-16-8-6-14)10-3-1-2-4-11(10)13/h1-4,12H,5-9H2/t12-/m1/s1. The van der Waals surface area contributed by atoms with Crippen LogP contribution in [0.4, 0.5) is 0 Å². The fourth-order valence-corrected chi connectivity index (χ4v) is 2.65. The van der Waals surface area contributed by atoms with Crippen LogP contribution in [0.25, 0.3) is 0 Å². The molecule has 16 heavy (non-hydrogen) atoms. The Kier molecular flexibility index (Phi) is 2.50. The Bertz CT molecular complexity index is 410. The van der Waals surface area contributed by atoms with Gasteiger partial charge >= 0.3 is 0 Å². The van der Waals surface area contributed by atoms with Crippen LogP contribution < -0.4 is 0 Å². The van der Waals surface area contributed by atoms with Crippen molar-refractivity contribution in [1.29, 1.82) is 0 Å². The van der Waals surface area contributed by atoms with Gasteiger partial charge in [-0.2, -0.15) is 0 Å². The molecule has 0 unspecified atom stereocenters. The van der Waals surface area contributed by atoms with Crippen molar-refractivity contribution in [3.05, 3.63) is 35.4 Å². The first-order valence-corrected chi connectivity index (χ1v) is 5.80. The van der Waals surface area contributed by atoms with Crippen LogP contribution in [0, 0.1) is 0 Å². The van der Waals surface area contributed by atoms with Gasteiger partial charge in [-0.25, -0.2) is 0 Å². The Morgan fingerprint density at radius 3 is 2.75 bits per heavy atom. The van der Waals surface area contributed by atoms with Crippen LogP contribution in [0.5, 0.6) is 0 Å². The van der Waals surface area contributed by atoms with Crippen LogP contribution in [0.3, 0.4) is 0 Å². The van der Waals surface area contributed by atoms with Gasteiger partial charge < -0.3 is 4.74 Å². The van der Waals surface area contributed by atoms with Crippen LogP contribution in [0.1, 0.15) is 28.4 Å². The van der Waals surface area contributed by atoms with Crippen molar-refractivity contribution in [2.75, 3.05) is 26.3 Å². The molecule has 1 aliphatic heterocycles. The molecule has 3 nitrogen and oxygen atoms in total. The quantitative estimate of drug-likeness (QED) is 0.716. The highest BCUT2D eigenvalue weighted by Gasteiger charge is 2.33. The Morgan fingerprint density at radius 2 is 1.94 bits per heavy atom. The summed E-state index contributed by atoms with van der Waals surface area (Å²) in [6.07, 6.45) is 0.638. The monoisotopic (exact) mass is 217 g/mol. The molecule has 0 aromatic heterocycles. The number of carbonyl (C=O) groups excluding carboxylic acids is 1. The molecule has 1 aromatic rings. The zero-order chi connectivity index (χ0) is 11.0. The third kappa shape index (κ3) is 1.56. The Labute approximate surface area is 95.0 Å². The number of morpholine rings is 1. The maximum absolute atomic E-state index is 11.9. The number of ketones is 1. The van der Waals surface area contributed by atoms with Gasteiger partial charge in [0, 0.05) is 31.1 Å². The second kappa shape index (κ2) is 4.00. The van der Waals surface area contributed by atoms with E-state index in [4.69, 9.17) is 4.74 Å². The van der Waals surface area contributed by atoms with Crippen molar-refractivity contribution in [2.45, 2.75) is 12.5 Å². The smallest absolute Gasteiger partial charge is 0.165 e. The molecule has 1 atom stereocenters. The zero-order valence-electron chi connectivity index (χ0n) is 9.19. The van der Waals surface area contributed by atoms with Crippen molar-refractivity contribution in [1.82, 2.24) is 4.90 Å². The molecule has 1 saturated heterocycles. The molecule has 1 fully saturated rings. The highest BCUT2D eigenvalue weighted by molar-refractivity contribution is 6.01. The summed E-state index contributed by atoms with van der Waals surface area (Å²) in [6.45, 7) is 3.44. The van der Waals surface area contributed by atoms with Crippen LogP contribution in [0.2, 0.25) is 0 Å². The van der Waals surface area contributed by atoms with Crippen molar-refractivity contribution < 1.29 is 9.53 Å². The van der Waals surface area contributed by atoms with E-state index < -0.39 is 0 Å². The molecule has 1 aliphatic carbocycles. The molecule has 1 heterocycles. The topological polar surface area (TPSA) is 29.5 Å². The highest BCUT2D eigenvalue weighted by Crippen LogP contribution is 2.35. The van der Waals surface area contributed by atoms with E-state index in [0.717, 1.165) is 31.9 Å². The summed E-state index contributed by atoms with van der Waals surface area (Å²) in [7, 11) is 0. The van der Waals surface area contributed by atoms with Gasteiger partial charge in [0.05, 0.1) is 13.2 Å². The molecule has 2 aliphatic rings. The molecule has 0 saturated carbocycles. The van der Waals surface area contributed by atoms with Crippen molar-refractivity contribution >= 4 is 5.78 Å². The minimum absolute atomic E-state index is 0.284. The van der Waals surface area contributed by atoms with Crippen LogP contribution in [-0.2, 0) is 4.74 Å². The molecule has 3 rings (SSSR count). The average Bonchev–Trinajstić information content (AvgIpc) is 2.69. The van der Waals surface area contributed by atoms with Crippen LogP contribution >= 0.6 is 0 Å². The summed E-state index contributed by atoms with van der Waals surface area (Å²) in [5.74, 6) is 0.284. The molecular weight excluding hydrogens is 202 g/mol.